The van der Waals surface area contributed by atoms with Gasteiger partial charge in [0.2, 0.25) is 0 Å². The number of hydrogen-bond donors (Lipinski definition) is 2. The number of hydrogen-bond acceptors (Lipinski definition) is 1. The molecule has 2 N–H and O–H groups in total. The molecule has 0 aromatic carbocycles. The minimum Gasteiger partial charge on any atom is -1.00 e. The van der Waals surface area contributed by atoms with Crippen LogP contribution in [0.3, 0.4) is 0 Å². The second-order valence-electron chi connectivity index (χ2n) is 0.283. The molecule has 0 fully saturated rings. The Bertz CT molecular complexity index is 40.3. The van der Waals surface area contributed by atoms with Gasteiger partial charge in [-0.2, -0.15) is 0 Å². The van der Waals surface area contributed by atoms with Crippen LogP contribution in [-0.2, 0) is 17.1 Å². The molecule has 0 aromatic heterocycles. The van der Waals surface area contributed by atoms with Crippen LogP contribution < -0.4 is 0 Å². The zero-order valence-electron chi connectivity index (χ0n) is 4.81. The summed E-state index contributed by atoms with van der Waals surface area (Å²) in [5.74, 6) is 0. The molecular formula is CH4CuMgO3. The largest absolute Gasteiger partial charge is 2.00 e. The average molecular weight is 152 g/mol. The van der Waals surface area contributed by atoms with Crippen molar-refractivity contribution in [3.63, 3.8) is 0 Å². The van der Waals surface area contributed by atoms with Crippen molar-refractivity contribution in [2.75, 3.05) is 0 Å². The van der Waals surface area contributed by atoms with Gasteiger partial charge < -0.3 is 13.1 Å². The van der Waals surface area contributed by atoms with E-state index in [0.29, 0.717) is 0 Å². The topological polar surface area (TPSA) is 57.5 Å². The summed E-state index contributed by atoms with van der Waals surface area (Å²) < 4.78 is 0. The van der Waals surface area contributed by atoms with Crippen molar-refractivity contribution < 1.29 is 34.9 Å². The summed E-state index contributed by atoms with van der Waals surface area (Å²) in [6.07, 6.45) is -1.83. The predicted molar refractivity (Wildman–Crippen MR) is 18.6 cm³/mol. The minimum absolute atomic E-state index is 0. The standard InChI is InChI=1S/CH2O3.Cu.Mg.2H/c2-1(3)4;;;;/h(H2,2,3,4);;;;/q;;+2;2*-1. The maximum atomic E-state index is 8.56. The fraction of sp³-hybridized carbons (Fsp3) is 0. The van der Waals surface area contributed by atoms with E-state index in [-0.39, 0.29) is 43.0 Å². The van der Waals surface area contributed by atoms with Gasteiger partial charge in [-0.15, -0.1) is 0 Å². The van der Waals surface area contributed by atoms with Crippen LogP contribution in [0.15, 0.2) is 0 Å². The third-order valence-electron chi connectivity index (χ3n) is 0. The molecule has 5 heteroatoms. The van der Waals surface area contributed by atoms with E-state index in [2.05, 4.69) is 0 Å². The van der Waals surface area contributed by atoms with E-state index >= 15 is 0 Å². The van der Waals surface area contributed by atoms with Crippen molar-refractivity contribution >= 4 is 29.2 Å². The van der Waals surface area contributed by atoms with Crippen LogP contribution in [0.2, 0.25) is 0 Å². The van der Waals surface area contributed by atoms with Crippen LogP contribution in [0.4, 0.5) is 4.79 Å². The summed E-state index contributed by atoms with van der Waals surface area (Å²) in [5, 5.41) is 13.9. The molecule has 0 atom stereocenters. The Kier molecular flexibility index (Phi) is 24.3. The predicted octanol–water partition coefficient (Wildman–Crippen LogP) is 0.0641. The van der Waals surface area contributed by atoms with E-state index in [9.17, 15) is 0 Å². The smallest absolute Gasteiger partial charge is 1.00 e. The summed E-state index contributed by atoms with van der Waals surface area (Å²) >= 11 is 0. The Morgan fingerprint density at radius 3 is 1.50 bits per heavy atom. The molecule has 0 unspecified atom stereocenters. The Balaban J connectivity index is -0.00000000750. The summed E-state index contributed by atoms with van der Waals surface area (Å²) in [7, 11) is 0. The SMILES string of the molecule is O=C(O)O.[Cu].[H-].[H-].[Mg+2]. The van der Waals surface area contributed by atoms with E-state index in [1.165, 1.54) is 0 Å². The van der Waals surface area contributed by atoms with Gasteiger partial charge >= 0.3 is 29.2 Å². The first-order valence-corrected chi connectivity index (χ1v) is 0.651. The molecule has 0 aliphatic rings. The van der Waals surface area contributed by atoms with Crippen LogP contribution in [-0.4, -0.2) is 39.4 Å². The van der Waals surface area contributed by atoms with Gasteiger partial charge in [0.25, 0.3) is 0 Å². The summed E-state index contributed by atoms with van der Waals surface area (Å²) in [6.45, 7) is 0. The van der Waals surface area contributed by atoms with E-state index in [0.717, 1.165) is 0 Å². The second kappa shape index (κ2) is 9.12. The zero-order valence-corrected chi connectivity index (χ0v) is 5.17. The molecule has 6 heavy (non-hydrogen) atoms. The first-order valence-electron chi connectivity index (χ1n) is 0.651. The molecule has 0 bridgehead atoms. The zero-order chi connectivity index (χ0) is 3.58. The Labute approximate surface area is 64.3 Å². The second-order valence-corrected chi connectivity index (χ2v) is 0.283. The fourth-order valence-corrected chi connectivity index (χ4v) is 0. The van der Waals surface area contributed by atoms with Gasteiger partial charge in [-0.1, -0.05) is 0 Å². The molecule has 39 valence electrons. The van der Waals surface area contributed by atoms with E-state index in [1.54, 1.807) is 0 Å². The molecule has 0 amide bonds. The van der Waals surface area contributed by atoms with Crippen LogP contribution in [0.1, 0.15) is 2.85 Å². The molecule has 0 aliphatic heterocycles. The first kappa shape index (κ1) is 16.0. The monoisotopic (exact) mass is 151 g/mol. The van der Waals surface area contributed by atoms with Crippen molar-refractivity contribution in [2.24, 2.45) is 0 Å². The summed E-state index contributed by atoms with van der Waals surface area (Å²) in [6, 6.07) is 0. The quantitative estimate of drug-likeness (QED) is 0.482. The normalized spacial score (nSPS) is 4.00. The Hall–Kier alpha value is 0.556. The first-order chi connectivity index (χ1) is 1.73. The maximum absolute atomic E-state index is 8.56. The number of rotatable bonds is 0. The van der Waals surface area contributed by atoms with Gasteiger partial charge in [0.15, 0.2) is 0 Å². The Morgan fingerprint density at radius 1 is 1.50 bits per heavy atom. The molecule has 0 rings (SSSR count). The molecule has 0 spiro atoms. The van der Waals surface area contributed by atoms with Crippen molar-refractivity contribution in [1.82, 2.24) is 0 Å². The van der Waals surface area contributed by atoms with Crippen LogP contribution in [0.5, 0.6) is 0 Å². The molecule has 0 aliphatic carbocycles. The van der Waals surface area contributed by atoms with Crippen molar-refractivity contribution in [2.45, 2.75) is 0 Å². The van der Waals surface area contributed by atoms with E-state index in [4.69, 9.17) is 15.0 Å². The minimum atomic E-state index is -1.83. The van der Waals surface area contributed by atoms with Gasteiger partial charge in [0, 0.05) is 17.1 Å². The van der Waals surface area contributed by atoms with Crippen LogP contribution in [0.25, 0.3) is 0 Å². The third kappa shape index (κ3) is 187. The maximum Gasteiger partial charge on any atom is 2.00 e. The summed E-state index contributed by atoms with van der Waals surface area (Å²) in [5.41, 5.74) is 0. The molecular weight excluding hydrogens is 148 g/mol. The average Bonchev–Trinajstić information content (AvgIpc) is 0.811. The van der Waals surface area contributed by atoms with E-state index in [1.807, 2.05) is 0 Å². The fourth-order valence-electron chi connectivity index (χ4n) is 0. The van der Waals surface area contributed by atoms with Crippen molar-refractivity contribution in [3.8, 4) is 0 Å². The van der Waals surface area contributed by atoms with Gasteiger partial charge in [-0.25, -0.2) is 4.79 Å². The van der Waals surface area contributed by atoms with Gasteiger partial charge in [0.1, 0.15) is 0 Å². The van der Waals surface area contributed by atoms with Crippen molar-refractivity contribution in [3.05, 3.63) is 0 Å². The third-order valence-corrected chi connectivity index (χ3v) is 0. The van der Waals surface area contributed by atoms with Crippen LogP contribution >= 0.6 is 0 Å². The molecule has 0 saturated carbocycles. The van der Waals surface area contributed by atoms with Gasteiger partial charge in [-0.05, 0) is 0 Å². The van der Waals surface area contributed by atoms with Gasteiger partial charge in [-0.3, -0.25) is 0 Å². The Morgan fingerprint density at radius 2 is 1.50 bits per heavy atom. The molecule has 0 heterocycles. The van der Waals surface area contributed by atoms with Crippen molar-refractivity contribution in [1.29, 1.82) is 0 Å². The number of carboxylic acid groups (broad SMARTS) is 2. The molecule has 0 aromatic rings. The van der Waals surface area contributed by atoms with Crippen LogP contribution in [0, 0.1) is 0 Å². The molecule has 0 saturated heterocycles. The number of carbonyl (C=O) groups is 1. The summed E-state index contributed by atoms with van der Waals surface area (Å²) in [4.78, 5) is 8.56. The van der Waals surface area contributed by atoms with E-state index < -0.39 is 6.16 Å². The molecule has 3 nitrogen and oxygen atoms in total. The van der Waals surface area contributed by atoms with Gasteiger partial charge in [0.05, 0.1) is 0 Å². The molecule has 1 radical (unpaired) electrons.